The van der Waals surface area contributed by atoms with Gasteiger partial charge in [0.25, 0.3) is 0 Å². The number of rotatable bonds is 5. The lowest BCUT2D eigenvalue weighted by atomic mass is 10.2. The van der Waals surface area contributed by atoms with Gasteiger partial charge in [0, 0.05) is 6.54 Å². The minimum absolute atomic E-state index is 0.0288. The SMILES string of the molecule is CCn1nc(C)cc1COc1c(F)cc(CO)cc1F. The third-order valence-electron chi connectivity index (χ3n) is 2.89. The molecule has 0 amide bonds. The van der Waals surface area contributed by atoms with Gasteiger partial charge in [-0.15, -0.1) is 0 Å². The molecule has 1 aromatic carbocycles. The summed E-state index contributed by atoms with van der Waals surface area (Å²) in [7, 11) is 0. The molecule has 108 valence electrons. The molecule has 0 unspecified atom stereocenters. The summed E-state index contributed by atoms with van der Waals surface area (Å²) in [6.45, 7) is 4.03. The van der Waals surface area contributed by atoms with Crippen molar-refractivity contribution in [1.29, 1.82) is 0 Å². The van der Waals surface area contributed by atoms with Gasteiger partial charge in [-0.05, 0) is 37.6 Å². The number of hydrogen-bond acceptors (Lipinski definition) is 3. The zero-order valence-corrected chi connectivity index (χ0v) is 11.4. The summed E-state index contributed by atoms with van der Waals surface area (Å²) in [5.74, 6) is -2.09. The van der Waals surface area contributed by atoms with E-state index in [9.17, 15) is 8.78 Å². The van der Waals surface area contributed by atoms with E-state index in [2.05, 4.69) is 5.10 Å². The second-order valence-electron chi connectivity index (χ2n) is 4.43. The molecule has 0 aliphatic carbocycles. The number of aliphatic hydroxyl groups excluding tert-OH is 1. The lowest BCUT2D eigenvalue weighted by molar-refractivity contribution is 0.258. The van der Waals surface area contributed by atoms with Crippen LogP contribution in [0.4, 0.5) is 8.78 Å². The van der Waals surface area contributed by atoms with Gasteiger partial charge < -0.3 is 9.84 Å². The summed E-state index contributed by atoms with van der Waals surface area (Å²) < 4.78 is 34.3. The highest BCUT2D eigenvalue weighted by atomic mass is 19.1. The number of ether oxygens (including phenoxy) is 1. The Balaban J connectivity index is 2.18. The van der Waals surface area contributed by atoms with Crippen LogP contribution in [0, 0.1) is 18.6 Å². The molecule has 0 saturated carbocycles. The van der Waals surface area contributed by atoms with E-state index >= 15 is 0 Å². The molecule has 0 aliphatic rings. The predicted octanol–water partition coefficient (Wildman–Crippen LogP) is 2.56. The predicted molar refractivity (Wildman–Crippen MR) is 69.3 cm³/mol. The molecule has 1 heterocycles. The fourth-order valence-corrected chi connectivity index (χ4v) is 1.98. The topological polar surface area (TPSA) is 47.3 Å². The Morgan fingerprint density at radius 2 is 1.90 bits per heavy atom. The Labute approximate surface area is 115 Å². The summed E-state index contributed by atoms with van der Waals surface area (Å²) in [5, 5.41) is 13.1. The smallest absolute Gasteiger partial charge is 0.191 e. The maximum absolute atomic E-state index is 13.7. The molecule has 2 aromatic rings. The molecule has 0 saturated heterocycles. The lowest BCUT2D eigenvalue weighted by Gasteiger charge is -2.10. The van der Waals surface area contributed by atoms with Crippen LogP contribution in [0.2, 0.25) is 0 Å². The van der Waals surface area contributed by atoms with Crippen molar-refractivity contribution in [2.45, 2.75) is 33.6 Å². The lowest BCUT2D eigenvalue weighted by Crippen LogP contribution is -2.07. The molecule has 1 N–H and O–H groups in total. The molecular weight excluding hydrogens is 266 g/mol. The van der Waals surface area contributed by atoms with E-state index in [1.165, 1.54) is 0 Å². The first-order valence-corrected chi connectivity index (χ1v) is 6.30. The van der Waals surface area contributed by atoms with Gasteiger partial charge >= 0.3 is 0 Å². The maximum atomic E-state index is 13.7. The summed E-state index contributed by atoms with van der Waals surface area (Å²) in [6.07, 6.45) is 0. The van der Waals surface area contributed by atoms with Crippen molar-refractivity contribution in [2.24, 2.45) is 0 Å². The normalized spacial score (nSPS) is 10.8. The number of aliphatic hydroxyl groups is 1. The molecule has 1 aromatic heterocycles. The number of aryl methyl sites for hydroxylation is 2. The van der Waals surface area contributed by atoms with Gasteiger partial charge in [-0.25, -0.2) is 8.78 Å². The van der Waals surface area contributed by atoms with Gasteiger partial charge in [0.05, 0.1) is 18.0 Å². The van der Waals surface area contributed by atoms with Crippen molar-refractivity contribution < 1.29 is 18.6 Å². The Kier molecular flexibility index (Phi) is 4.34. The van der Waals surface area contributed by atoms with Crippen LogP contribution in [-0.2, 0) is 19.8 Å². The Morgan fingerprint density at radius 3 is 2.45 bits per heavy atom. The van der Waals surface area contributed by atoms with Gasteiger partial charge in [0.15, 0.2) is 17.4 Å². The number of hydrogen-bond donors (Lipinski definition) is 1. The molecule has 6 heteroatoms. The fourth-order valence-electron chi connectivity index (χ4n) is 1.98. The third kappa shape index (κ3) is 2.96. The average Bonchev–Trinajstić information content (AvgIpc) is 2.77. The first-order chi connectivity index (χ1) is 9.55. The van der Waals surface area contributed by atoms with Gasteiger partial charge in [0.2, 0.25) is 0 Å². The van der Waals surface area contributed by atoms with E-state index in [0.29, 0.717) is 6.54 Å². The Bertz CT molecular complexity index is 588. The minimum Gasteiger partial charge on any atom is -0.481 e. The van der Waals surface area contributed by atoms with Crippen LogP contribution < -0.4 is 4.74 Å². The highest BCUT2D eigenvalue weighted by Gasteiger charge is 2.14. The molecule has 0 bridgehead atoms. The molecule has 0 spiro atoms. The van der Waals surface area contributed by atoms with Crippen molar-refractivity contribution >= 4 is 0 Å². The molecule has 2 rings (SSSR count). The van der Waals surface area contributed by atoms with Crippen molar-refractivity contribution in [3.8, 4) is 5.75 Å². The number of nitrogens with zero attached hydrogens (tertiary/aromatic N) is 2. The molecule has 0 atom stereocenters. The van der Waals surface area contributed by atoms with E-state index in [0.717, 1.165) is 23.5 Å². The van der Waals surface area contributed by atoms with Crippen LogP contribution in [0.25, 0.3) is 0 Å². The van der Waals surface area contributed by atoms with Crippen LogP contribution >= 0.6 is 0 Å². The standard InChI is InChI=1S/C14H16F2N2O2/c1-3-18-11(4-9(2)17-18)8-20-14-12(15)5-10(7-19)6-13(14)16/h4-6,19H,3,7-8H2,1-2H3. The van der Waals surface area contributed by atoms with Crippen molar-refractivity contribution in [1.82, 2.24) is 9.78 Å². The zero-order valence-electron chi connectivity index (χ0n) is 11.4. The molecule has 0 aliphatic heterocycles. The largest absolute Gasteiger partial charge is 0.481 e. The van der Waals surface area contributed by atoms with Crippen LogP contribution in [0.3, 0.4) is 0 Å². The molecule has 20 heavy (non-hydrogen) atoms. The van der Waals surface area contributed by atoms with Gasteiger partial charge in [-0.1, -0.05) is 0 Å². The summed E-state index contributed by atoms with van der Waals surface area (Å²) in [4.78, 5) is 0. The van der Waals surface area contributed by atoms with Crippen LogP contribution in [-0.4, -0.2) is 14.9 Å². The Hall–Kier alpha value is -1.95. The highest BCUT2D eigenvalue weighted by Crippen LogP contribution is 2.24. The van der Waals surface area contributed by atoms with Crippen LogP contribution in [0.5, 0.6) is 5.75 Å². The average molecular weight is 282 g/mol. The first-order valence-electron chi connectivity index (χ1n) is 6.30. The van der Waals surface area contributed by atoms with Crippen molar-refractivity contribution in [2.75, 3.05) is 0 Å². The summed E-state index contributed by atoms with van der Waals surface area (Å²) in [5.41, 5.74) is 1.74. The van der Waals surface area contributed by atoms with E-state index in [1.807, 2.05) is 13.8 Å². The molecule has 0 fully saturated rings. The third-order valence-corrected chi connectivity index (χ3v) is 2.89. The van der Waals surface area contributed by atoms with Gasteiger partial charge in [-0.2, -0.15) is 5.10 Å². The fraction of sp³-hybridized carbons (Fsp3) is 0.357. The summed E-state index contributed by atoms with van der Waals surface area (Å²) >= 11 is 0. The molecule has 4 nitrogen and oxygen atoms in total. The second kappa shape index (κ2) is 6.00. The number of benzene rings is 1. The highest BCUT2D eigenvalue weighted by molar-refractivity contribution is 5.31. The van der Waals surface area contributed by atoms with Crippen molar-refractivity contribution in [3.05, 3.63) is 46.8 Å². The van der Waals surface area contributed by atoms with E-state index in [1.54, 1.807) is 10.7 Å². The van der Waals surface area contributed by atoms with Crippen LogP contribution in [0.1, 0.15) is 23.9 Å². The molecular formula is C14H16F2N2O2. The minimum atomic E-state index is -0.826. The van der Waals surface area contributed by atoms with Crippen LogP contribution in [0.15, 0.2) is 18.2 Å². The van der Waals surface area contributed by atoms with E-state index in [-0.39, 0.29) is 12.2 Å². The zero-order chi connectivity index (χ0) is 14.7. The van der Waals surface area contributed by atoms with E-state index in [4.69, 9.17) is 9.84 Å². The van der Waals surface area contributed by atoms with Crippen molar-refractivity contribution in [3.63, 3.8) is 0 Å². The molecule has 0 radical (unpaired) electrons. The Morgan fingerprint density at radius 1 is 1.25 bits per heavy atom. The van der Waals surface area contributed by atoms with Gasteiger partial charge in [-0.3, -0.25) is 4.68 Å². The quantitative estimate of drug-likeness (QED) is 0.916. The number of aromatic nitrogens is 2. The first kappa shape index (κ1) is 14.5. The monoisotopic (exact) mass is 282 g/mol. The summed E-state index contributed by atoms with van der Waals surface area (Å²) in [6, 6.07) is 3.92. The second-order valence-corrected chi connectivity index (χ2v) is 4.43. The van der Waals surface area contributed by atoms with E-state index < -0.39 is 24.0 Å². The number of halogens is 2. The van der Waals surface area contributed by atoms with Gasteiger partial charge in [0.1, 0.15) is 6.61 Å². The maximum Gasteiger partial charge on any atom is 0.191 e.